The van der Waals surface area contributed by atoms with Crippen LogP contribution in [-0.2, 0) is 25.7 Å². The van der Waals surface area contributed by atoms with Gasteiger partial charge in [0, 0.05) is 6.42 Å². The molecular formula is C17H24N2O4. The number of amides is 2. The second-order valence-electron chi connectivity index (χ2n) is 5.34. The van der Waals surface area contributed by atoms with Crippen molar-refractivity contribution in [3.63, 3.8) is 0 Å². The quantitative estimate of drug-likeness (QED) is 0.506. The predicted molar refractivity (Wildman–Crippen MR) is 86.1 cm³/mol. The van der Waals surface area contributed by atoms with Crippen LogP contribution < -0.4 is 11.1 Å². The van der Waals surface area contributed by atoms with Crippen molar-refractivity contribution in [3.8, 4) is 0 Å². The van der Waals surface area contributed by atoms with Gasteiger partial charge in [0.25, 0.3) is 0 Å². The summed E-state index contributed by atoms with van der Waals surface area (Å²) in [6.45, 7) is 2.12. The number of hydrogen-bond acceptors (Lipinski definition) is 4. The smallest absolute Gasteiger partial charge is 0.329 e. The third kappa shape index (κ3) is 7.99. The lowest BCUT2D eigenvalue weighted by Crippen LogP contribution is -2.44. The van der Waals surface area contributed by atoms with Gasteiger partial charge in [0.2, 0.25) is 11.8 Å². The van der Waals surface area contributed by atoms with E-state index in [1.807, 2.05) is 37.3 Å². The highest BCUT2D eigenvalue weighted by Gasteiger charge is 2.24. The number of unbranched alkanes of at least 4 members (excludes halogenated alkanes) is 2. The highest BCUT2D eigenvalue weighted by atomic mass is 16.5. The molecule has 0 aliphatic carbocycles. The first-order valence-electron chi connectivity index (χ1n) is 7.81. The molecule has 1 aromatic rings. The molecule has 3 N–H and O–H groups in total. The number of carbonyl (C=O) groups is 3. The highest BCUT2D eigenvalue weighted by Crippen LogP contribution is 2.05. The average Bonchev–Trinajstić information content (AvgIpc) is 2.53. The maximum absolute atomic E-state index is 12.1. The topological polar surface area (TPSA) is 98.5 Å². The van der Waals surface area contributed by atoms with Crippen LogP contribution in [0.1, 0.15) is 44.6 Å². The lowest BCUT2D eigenvalue weighted by Gasteiger charge is -2.16. The molecule has 0 fully saturated rings. The normalized spacial score (nSPS) is 11.5. The Hall–Kier alpha value is -2.37. The van der Waals surface area contributed by atoms with Crippen LogP contribution >= 0.6 is 0 Å². The van der Waals surface area contributed by atoms with E-state index in [2.05, 4.69) is 5.32 Å². The van der Waals surface area contributed by atoms with Crippen molar-refractivity contribution >= 4 is 17.8 Å². The standard InChI is InChI=1S/C17H24N2O4/c1-2-3-5-10-16(21)19-14(11-15(18)20)17(22)23-12-13-8-6-4-7-9-13/h4,6-9,14H,2-3,5,10-12H2,1H3,(H2,18,20)(H,19,21). The Morgan fingerprint density at radius 2 is 1.87 bits per heavy atom. The largest absolute Gasteiger partial charge is 0.459 e. The van der Waals surface area contributed by atoms with Gasteiger partial charge in [-0.25, -0.2) is 4.79 Å². The van der Waals surface area contributed by atoms with Gasteiger partial charge in [0.15, 0.2) is 0 Å². The van der Waals surface area contributed by atoms with Crippen LogP contribution in [0.3, 0.4) is 0 Å². The third-order valence-corrected chi connectivity index (χ3v) is 3.26. The summed E-state index contributed by atoms with van der Waals surface area (Å²) in [4.78, 5) is 35.0. The number of primary amides is 1. The van der Waals surface area contributed by atoms with Gasteiger partial charge in [0.1, 0.15) is 12.6 Å². The van der Waals surface area contributed by atoms with Crippen LogP contribution in [0.4, 0.5) is 0 Å². The summed E-state index contributed by atoms with van der Waals surface area (Å²) in [6, 6.07) is 8.13. The summed E-state index contributed by atoms with van der Waals surface area (Å²) in [5.41, 5.74) is 5.96. The molecule has 0 aliphatic rings. The van der Waals surface area contributed by atoms with E-state index in [4.69, 9.17) is 10.5 Å². The van der Waals surface area contributed by atoms with Crippen molar-refractivity contribution in [3.05, 3.63) is 35.9 Å². The van der Waals surface area contributed by atoms with Gasteiger partial charge in [0.05, 0.1) is 6.42 Å². The number of carbonyl (C=O) groups excluding carboxylic acids is 3. The molecular weight excluding hydrogens is 296 g/mol. The first-order valence-corrected chi connectivity index (χ1v) is 7.81. The molecule has 0 bridgehead atoms. The molecule has 1 rings (SSSR count). The van der Waals surface area contributed by atoms with Crippen molar-refractivity contribution in [1.82, 2.24) is 5.32 Å². The van der Waals surface area contributed by atoms with Crippen LogP contribution in [0.15, 0.2) is 30.3 Å². The second-order valence-corrected chi connectivity index (χ2v) is 5.34. The molecule has 1 aromatic carbocycles. The Morgan fingerprint density at radius 1 is 1.17 bits per heavy atom. The van der Waals surface area contributed by atoms with Crippen LogP contribution in [-0.4, -0.2) is 23.8 Å². The molecule has 0 spiro atoms. The lowest BCUT2D eigenvalue weighted by molar-refractivity contribution is -0.150. The summed E-state index contributed by atoms with van der Waals surface area (Å²) in [5, 5.41) is 2.53. The number of ether oxygens (including phenoxy) is 1. The number of rotatable bonds is 10. The molecule has 23 heavy (non-hydrogen) atoms. The molecule has 0 radical (unpaired) electrons. The van der Waals surface area contributed by atoms with E-state index in [1.165, 1.54) is 0 Å². The van der Waals surface area contributed by atoms with Gasteiger partial charge in [-0.3, -0.25) is 9.59 Å². The summed E-state index contributed by atoms with van der Waals surface area (Å²) >= 11 is 0. The van der Waals surface area contributed by atoms with Crippen LogP contribution in [0.2, 0.25) is 0 Å². The zero-order valence-corrected chi connectivity index (χ0v) is 13.4. The minimum Gasteiger partial charge on any atom is -0.459 e. The van der Waals surface area contributed by atoms with Crippen molar-refractivity contribution in [2.75, 3.05) is 0 Å². The highest BCUT2D eigenvalue weighted by molar-refractivity contribution is 5.88. The van der Waals surface area contributed by atoms with Crippen LogP contribution in [0.25, 0.3) is 0 Å². The molecule has 0 heterocycles. The molecule has 0 saturated carbocycles. The molecule has 6 heteroatoms. The molecule has 0 saturated heterocycles. The molecule has 126 valence electrons. The van der Waals surface area contributed by atoms with E-state index in [-0.39, 0.29) is 18.9 Å². The average molecular weight is 320 g/mol. The molecule has 0 aliphatic heterocycles. The number of benzene rings is 1. The molecule has 0 aromatic heterocycles. The van der Waals surface area contributed by atoms with Gasteiger partial charge >= 0.3 is 5.97 Å². The summed E-state index contributed by atoms with van der Waals surface area (Å²) < 4.78 is 5.16. The SMILES string of the molecule is CCCCCC(=O)NC(CC(N)=O)C(=O)OCc1ccccc1. The maximum Gasteiger partial charge on any atom is 0.329 e. The Bertz CT molecular complexity index is 517. The zero-order chi connectivity index (χ0) is 17.1. The first-order chi connectivity index (χ1) is 11.0. The molecule has 1 unspecified atom stereocenters. The van der Waals surface area contributed by atoms with E-state index in [0.717, 1.165) is 24.8 Å². The van der Waals surface area contributed by atoms with E-state index >= 15 is 0 Å². The van der Waals surface area contributed by atoms with Gasteiger partial charge in [-0.1, -0.05) is 50.1 Å². The number of nitrogens with two attached hydrogens (primary N) is 1. The maximum atomic E-state index is 12.1. The van der Waals surface area contributed by atoms with E-state index < -0.39 is 17.9 Å². The van der Waals surface area contributed by atoms with Crippen molar-refractivity contribution < 1.29 is 19.1 Å². The fourth-order valence-corrected chi connectivity index (χ4v) is 2.03. The Labute approximate surface area is 136 Å². The van der Waals surface area contributed by atoms with Gasteiger partial charge in [-0.05, 0) is 12.0 Å². The summed E-state index contributed by atoms with van der Waals surface area (Å²) in [5.74, 6) is -1.60. The van der Waals surface area contributed by atoms with Crippen LogP contribution in [0.5, 0.6) is 0 Å². The second kappa shape index (κ2) is 10.4. The van der Waals surface area contributed by atoms with Crippen molar-refractivity contribution in [2.45, 2.75) is 51.7 Å². The first kappa shape index (κ1) is 18.7. The monoisotopic (exact) mass is 320 g/mol. The predicted octanol–water partition coefficient (Wildman–Crippen LogP) is 1.67. The number of nitrogens with one attached hydrogen (secondary N) is 1. The molecule has 2 amide bonds. The minimum absolute atomic E-state index is 0.0840. The fourth-order valence-electron chi connectivity index (χ4n) is 2.03. The van der Waals surface area contributed by atoms with Crippen LogP contribution in [0, 0.1) is 0 Å². The number of esters is 1. The minimum atomic E-state index is -1.04. The fraction of sp³-hybridized carbons (Fsp3) is 0.471. The van der Waals surface area contributed by atoms with Gasteiger partial charge in [-0.2, -0.15) is 0 Å². The summed E-state index contributed by atoms with van der Waals surface area (Å²) in [6.07, 6.45) is 2.72. The van der Waals surface area contributed by atoms with E-state index in [0.29, 0.717) is 6.42 Å². The van der Waals surface area contributed by atoms with E-state index in [9.17, 15) is 14.4 Å². The summed E-state index contributed by atoms with van der Waals surface area (Å²) in [7, 11) is 0. The van der Waals surface area contributed by atoms with Gasteiger partial charge in [-0.15, -0.1) is 0 Å². The van der Waals surface area contributed by atoms with Gasteiger partial charge < -0.3 is 15.8 Å². The molecule has 1 atom stereocenters. The van der Waals surface area contributed by atoms with Crippen molar-refractivity contribution in [1.29, 1.82) is 0 Å². The Balaban J connectivity index is 2.52. The lowest BCUT2D eigenvalue weighted by atomic mass is 10.1. The Kier molecular flexibility index (Phi) is 8.42. The third-order valence-electron chi connectivity index (χ3n) is 3.26. The van der Waals surface area contributed by atoms with Crippen molar-refractivity contribution in [2.24, 2.45) is 5.73 Å². The van der Waals surface area contributed by atoms with E-state index in [1.54, 1.807) is 0 Å². The Morgan fingerprint density at radius 3 is 2.48 bits per heavy atom. The zero-order valence-electron chi connectivity index (χ0n) is 13.4. The number of hydrogen-bond donors (Lipinski definition) is 2. The molecule has 6 nitrogen and oxygen atoms in total.